The fourth-order valence-electron chi connectivity index (χ4n) is 2.80. The van der Waals surface area contributed by atoms with E-state index in [0.29, 0.717) is 7.17 Å². The molecule has 0 amide bonds. The smallest absolute Gasteiger partial charge is 0.312 e. The van der Waals surface area contributed by atoms with E-state index in [1.54, 1.807) is 27.6 Å². The summed E-state index contributed by atoms with van der Waals surface area (Å²) in [4.78, 5) is 1.61. The zero-order valence-electron chi connectivity index (χ0n) is 9.61. The molecule has 2 bridgehead atoms. The van der Waals surface area contributed by atoms with Gasteiger partial charge in [-0.1, -0.05) is 0 Å². The Morgan fingerprint density at radius 1 is 1.13 bits per heavy atom. The van der Waals surface area contributed by atoms with Gasteiger partial charge in [-0.15, -0.1) is 0 Å². The van der Waals surface area contributed by atoms with Crippen LogP contribution in [0.1, 0.15) is 0 Å². The third kappa shape index (κ3) is 1.12. The lowest BCUT2D eigenvalue weighted by atomic mass is 9.23. The molecule has 5 nitrogen and oxygen atoms in total. The summed E-state index contributed by atoms with van der Waals surface area (Å²) >= 11 is 0. The third-order valence-corrected chi connectivity index (χ3v) is 4.47. The van der Waals surface area contributed by atoms with Crippen LogP contribution in [0, 0.1) is 0 Å². The predicted octanol–water partition coefficient (Wildman–Crippen LogP) is -6.76. The molecule has 0 saturated carbocycles. The van der Waals surface area contributed by atoms with E-state index >= 15 is 0 Å². The summed E-state index contributed by atoms with van der Waals surface area (Å²) in [5, 5.41) is 28.7. The largest absolute Gasteiger partial charge is 0.376 e. The van der Waals surface area contributed by atoms with Crippen LogP contribution in [-0.2, 0) is 4.74 Å². The maximum atomic E-state index is 10.2. The summed E-state index contributed by atoms with van der Waals surface area (Å²) in [6.07, 6.45) is 0. The van der Waals surface area contributed by atoms with Crippen LogP contribution in [0.5, 0.6) is 0 Å². The lowest BCUT2D eigenvalue weighted by molar-refractivity contribution is -0.448. The first-order valence-corrected chi connectivity index (χ1v) is 5.18. The van der Waals surface area contributed by atoms with E-state index in [-0.39, 0.29) is 7.17 Å². The van der Waals surface area contributed by atoms with Crippen molar-refractivity contribution in [1.82, 2.24) is 4.90 Å². The molecule has 0 aromatic heterocycles. The number of fused-ring (bicyclic) bond motifs is 2. The molecule has 2 unspecified atom stereocenters. The van der Waals surface area contributed by atoms with Crippen molar-refractivity contribution in [3.05, 3.63) is 0 Å². The van der Waals surface area contributed by atoms with E-state index in [0.717, 1.165) is 0 Å². The average molecular weight is 206 g/mol. The molecule has 2 heterocycles. The van der Waals surface area contributed by atoms with Crippen molar-refractivity contribution in [3.8, 4) is 0 Å². The van der Waals surface area contributed by atoms with Gasteiger partial charge < -0.3 is 20.1 Å². The van der Waals surface area contributed by atoms with Gasteiger partial charge in [0.15, 0.2) is 12.8 Å². The van der Waals surface area contributed by atoms with Crippen LogP contribution in [-0.4, -0.2) is 87.5 Å². The van der Waals surface area contributed by atoms with E-state index in [1.165, 1.54) is 0 Å². The molecule has 0 aromatic rings. The molecule has 0 spiro atoms. The highest BCUT2D eigenvalue weighted by molar-refractivity contribution is 7.08. The van der Waals surface area contributed by atoms with E-state index in [9.17, 15) is 15.3 Å². The van der Waals surface area contributed by atoms with Gasteiger partial charge in [0.05, 0.1) is 0 Å². The van der Waals surface area contributed by atoms with Crippen LogP contribution < -0.4 is 0 Å². The first kappa shape index (κ1) is 11.6. The topological polar surface area (TPSA) is 73.2 Å². The first-order valence-electron chi connectivity index (χ1n) is 5.18. The van der Waals surface area contributed by atoms with Gasteiger partial charge in [-0.05, 0) is 12.4 Å². The summed E-state index contributed by atoms with van der Waals surface area (Å²) in [6, 6.07) is 0. The Bertz CT molecular complexity index is 286. The van der Waals surface area contributed by atoms with Gasteiger partial charge >= 0.3 is 5.97 Å². The summed E-state index contributed by atoms with van der Waals surface area (Å²) in [7, 11) is 8.20. The Morgan fingerprint density at radius 2 is 1.67 bits per heavy atom. The molecular weight excluding hydrogens is 192 g/mol. The monoisotopic (exact) mass is 207 g/mol. The van der Waals surface area contributed by atoms with Crippen molar-refractivity contribution in [2.45, 2.75) is 22.3 Å². The molecule has 0 aromatic carbocycles. The minimum atomic E-state index is -2.51. The molecular formula is C5H14B5NO4. The molecule has 2 aliphatic rings. The minimum absolute atomic E-state index is 0.288. The number of nitrogens with zero attached hydrogens (tertiary/aromatic N) is 1. The summed E-state index contributed by atoms with van der Waals surface area (Å²) in [5.74, 6) is -2.51. The fourth-order valence-corrected chi connectivity index (χ4v) is 2.80. The Balaban J connectivity index is 2.53. The minimum Gasteiger partial charge on any atom is -0.376 e. The van der Waals surface area contributed by atoms with Crippen molar-refractivity contribution in [1.29, 1.82) is 0 Å². The van der Waals surface area contributed by atoms with Gasteiger partial charge in [-0.2, -0.15) is 0 Å². The van der Waals surface area contributed by atoms with Crippen LogP contribution in [0.4, 0.5) is 0 Å². The zero-order chi connectivity index (χ0) is 11.7. The molecule has 2 rings (SSSR count). The lowest BCUT2D eigenvalue weighted by Crippen LogP contribution is -2.80. The van der Waals surface area contributed by atoms with E-state index in [1.807, 2.05) is 7.85 Å². The highest BCUT2D eigenvalue weighted by Crippen LogP contribution is 2.45. The Hall–Kier alpha value is 0.125. The second-order valence-electron chi connectivity index (χ2n) is 5.37. The fraction of sp³-hybridized carbons (Fsp3) is 1.00. The summed E-state index contributed by atoms with van der Waals surface area (Å²) in [5.41, 5.74) is -1.71. The number of hydrogen-bond acceptors (Lipinski definition) is 5. The molecule has 2 atom stereocenters. The lowest BCUT2D eigenvalue weighted by Gasteiger charge is -2.60. The van der Waals surface area contributed by atoms with Crippen LogP contribution in [0.15, 0.2) is 0 Å². The summed E-state index contributed by atoms with van der Waals surface area (Å²) < 4.78 is 5.24. The van der Waals surface area contributed by atoms with Crippen LogP contribution in [0.2, 0.25) is 0 Å². The molecule has 10 heteroatoms. The molecule has 2 fully saturated rings. The van der Waals surface area contributed by atoms with Gasteiger partial charge in [-0.3, -0.25) is 4.90 Å². The molecule has 2 aliphatic heterocycles. The van der Waals surface area contributed by atoms with Gasteiger partial charge in [0.1, 0.15) is 30.7 Å². The molecule has 0 aliphatic carbocycles. The van der Waals surface area contributed by atoms with Crippen LogP contribution in [0.3, 0.4) is 0 Å². The number of rotatable bonds is 0. The van der Waals surface area contributed by atoms with Crippen molar-refractivity contribution in [2.24, 2.45) is 0 Å². The standard InChI is InChI=1S/C5H14B5NO4/c1-11-3(8)2(6,7)15-5(13,14)4(11,12)10-9-3/h9-10,12-14H,6-8H2,1H3. The quantitative estimate of drug-likeness (QED) is 0.271. The number of likely N-dealkylation sites (N-methyl/N-ethyl adjacent to an activating group) is 1. The number of morpholine rings is 1. The van der Waals surface area contributed by atoms with Gasteiger partial charge in [0.25, 0.3) is 0 Å². The van der Waals surface area contributed by atoms with E-state index < -0.39 is 22.3 Å². The van der Waals surface area contributed by atoms with Crippen molar-refractivity contribution in [3.63, 3.8) is 0 Å². The summed E-state index contributed by atoms with van der Waals surface area (Å²) in [6.45, 7) is 0. The molecule has 0 radical (unpaired) electrons. The molecule has 2 saturated heterocycles. The Kier molecular flexibility index (Phi) is 2.07. The van der Waals surface area contributed by atoms with Crippen molar-refractivity contribution in [2.75, 3.05) is 7.05 Å². The maximum absolute atomic E-state index is 10.2. The predicted molar refractivity (Wildman–Crippen MR) is 66.4 cm³/mol. The van der Waals surface area contributed by atoms with Crippen molar-refractivity contribution >= 4 is 37.9 Å². The maximum Gasteiger partial charge on any atom is 0.312 e. The second-order valence-corrected chi connectivity index (χ2v) is 5.37. The number of ether oxygens (including phenoxy) is 1. The highest BCUT2D eigenvalue weighted by Gasteiger charge is 2.71. The molecule has 3 N–H and O–H groups in total. The normalized spacial score (nSPS) is 46.9. The Labute approximate surface area is 92.9 Å². The Morgan fingerprint density at radius 3 is 2.20 bits per heavy atom. The van der Waals surface area contributed by atoms with Crippen LogP contribution >= 0.6 is 0 Å². The SMILES string of the molecule is BC1(B)OC(O)(O)C2(O)BBC1(B)N2C. The van der Waals surface area contributed by atoms with Crippen molar-refractivity contribution < 1.29 is 20.1 Å². The molecule has 15 heavy (non-hydrogen) atoms. The zero-order valence-corrected chi connectivity index (χ0v) is 9.61. The van der Waals surface area contributed by atoms with E-state index in [2.05, 4.69) is 0 Å². The second kappa shape index (κ2) is 2.68. The number of hydrogen-bond donors (Lipinski definition) is 3. The van der Waals surface area contributed by atoms with E-state index in [4.69, 9.17) is 4.74 Å². The molecule has 78 valence electrons. The van der Waals surface area contributed by atoms with Gasteiger partial charge in [0.2, 0.25) is 0 Å². The average Bonchev–Trinajstić information content (AvgIpc) is 2.27. The van der Waals surface area contributed by atoms with Crippen LogP contribution in [0.25, 0.3) is 0 Å². The number of aliphatic hydroxyl groups is 3. The highest BCUT2D eigenvalue weighted by atomic mass is 16.8. The van der Waals surface area contributed by atoms with Gasteiger partial charge in [0, 0.05) is 5.40 Å². The van der Waals surface area contributed by atoms with Gasteiger partial charge in [-0.25, -0.2) is 0 Å². The first-order chi connectivity index (χ1) is 6.57. The third-order valence-electron chi connectivity index (χ3n) is 4.47.